The van der Waals surface area contributed by atoms with Crippen LogP contribution >= 0.6 is 0 Å². The van der Waals surface area contributed by atoms with Gasteiger partial charge < -0.3 is 16.4 Å². The van der Waals surface area contributed by atoms with E-state index in [4.69, 9.17) is 4.79 Å². The van der Waals surface area contributed by atoms with Crippen LogP contribution in [0.25, 0.3) is 0 Å². The van der Waals surface area contributed by atoms with Gasteiger partial charge in [0.1, 0.15) is 0 Å². The summed E-state index contributed by atoms with van der Waals surface area (Å²) in [5.74, 6) is 0. The van der Waals surface area contributed by atoms with Crippen LogP contribution in [0.3, 0.4) is 0 Å². The van der Waals surface area contributed by atoms with Crippen molar-refractivity contribution in [3.05, 3.63) is 102 Å². The number of hydrogen-bond acceptors (Lipinski definition) is 4. The Labute approximate surface area is 227 Å². The molecule has 5 heteroatoms. The molecule has 1 aromatic carbocycles. The first kappa shape index (κ1) is 37.9. The molecule has 0 aliphatic carbocycles. The number of nitrogens with one attached hydrogen (secondary N) is 2. The van der Waals surface area contributed by atoms with E-state index in [0.717, 1.165) is 53.2 Å². The number of aliphatic imine (C=N–C) groups is 1. The first-order valence-corrected chi connectivity index (χ1v) is 12.6. The normalized spacial score (nSPS) is 9.70. The lowest BCUT2D eigenvalue weighted by atomic mass is 10.1. The molecule has 0 radical (unpaired) electrons. The molecular formula is C32H52N4O. The maximum Gasteiger partial charge on any atom is 0.204 e. The number of allylic oxidation sites excluding steroid dienone is 6. The van der Waals surface area contributed by atoms with Crippen LogP contribution in [-0.4, -0.2) is 19.2 Å². The summed E-state index contributed by atoms with van der Waals surface area (Å²) in [5, 5.41) is 6.44. The van der Waals surface area contributed by atoms with Crippen molar-refractivity contribution in [2.45, 2.75) is 75.2 Å². The zero-order valence-electron chi connectivity index (χ0n) is 24.9. The number of primary amides is 1. The second-order valence-corrected chi connectivity index (χ2v) is 8.54. The molecule has 0 bridgehead atoms. The lowest BCUT2D eigenvalue weighted by molar-refractivity contribution is -0.106. The molecular weight excluding hydrogens is 456 g/mol. The fraction of sp³-hybridized carbons (Fsp3) is 0.375. The van der Waals surface area contributed by atoms with Crippen molar-refractivity contribution in [1.82, 2.24) is 5.32 Å². The van der Waals surface area contributed by atoms with Gasteiger partial charge in [0.25, 0.3) is 0 Å². The number of nitrogens with zero attached hydrogens (tertiary/aromatic N) is 1. The zero-order valence-corrected chi connectivity index (χ0v) is 24.9. The highest BCUT2D eigenvalue weighted by atomic mass is 16.1. The van der Waals surface area contributed by atoms with Gasteiger partial charge in [0, 0.05) is 35.5 Å². The summed E-state index contributed by atoms with van der Waals surface area (Å²) in [4.78, 5) is 12.7. The van der Waals surface area contributed by atoms with E-state index in [2.05, 4.69) is 87.5 Å². The van der Waals surface area contributed by atoms with Crippen molar-refractivity contribution in [3.8, 4) is 0 Å². The highest BCUT2D eigenvalue weighted by molar-refractivity contribution is 5.55. The SMILES string of the molecule is C=C(/C=C(\C)C(=C)C)C(=C)NCC.C=C(CCC)Nc1ccccc1C.CC=NC(C)=C(C)C.NC=O. The number of nitrogens with two attached hydrogens (primary N) is 1. The minimum atomic E-state index is 0.250. The van der Waals surface area contributed by atoms with Crippen LogP contribution in [0.15, 0.2) is 101 Å². The molecule has 206 valence electrons. The Morgan fingerprint density at radius 1 is 1.03 bits per heavy atom. The highest BCUT2D eigenvalue weighted by Gasteiger charge is 1.97. The first-order valence-electron chi connectivity index (χ1n) is 12.6. The quantitative estimate of drug-likeness (QED) is 0.169. The van der Waals surface area contributed by atoms with Crippen molar-refractivity contribution in [2.24, 2.45) is 10.7 Å². The summed E-state index contributed by atoms with van der Waals surface area (Å²) in [7, 11) is 0. The van der Waals surface area contributed by atoms with E-state index in [1.54, 1.807) is 0 Å². The van der Waals surface area contributed by atoms with Crippen molar-refractivity contribution < 1.29 is 4.79 Å². The standard InChI is InChI=1S/C12H17N.C12H19N.C7H13N.CH3NO/c1-4-7-11(3)13-12-9-6-5-8-10(12)2;1-7-13-12(6)11(5)8-10(4)9(2)3;1-5-8-7(4)6(2)3;2-1-3/h5-6,8-9,13H,3-4,7H2,1-2H3;8,13H,2,5-7H2,1,3-4H3;5H,1-4H3;1H,(H2,2,3)/b;10-8+;;. The van der Waals surface area contributed by atoms with Gasteiger partial charge in [0.15, 0.2) is 0 Å². The number of para-hydroxylation sites is 1. The molecule has 0 saturated heterocycles. The number of amides is 1. The number of anilines is 1. The zero-order chi connectivity index (χ0) is 29.4. The maximum absolute atomic E-state index is 8.58. The maximum atomic E-state index is 8.58. The number of aryl methyl sites for hydroxylation is 1. The molecule has 0 unspecified atom stereocenters. The van der Waals surface area contributed by atoms with Crippen molar-refractivity contribution in [1.29, 1.82) is 0 Å². The van der Waals surface area contributed by atoms with Gasteiger partial charge in [-0.3, -0.25) is 9.79 Å². The van der Waals surface area contributed by atoms with Crippen LogP contribution < -0.4 is 16.4 Å². The minimum absolute atomic E-state index is 0.250. The highest BCUT2D eigenvalue weighted by Crippen LogP contribution is 2.16. The first-order chi connectivity index (χ1) is 17.3. The number of rotatable bonds is 10. The van der Waals surface area contributed by atoms with Gasteiger partial charge in [-0.15, -0.1) is 0 Å². The van der Waals surface area contributed by atoms with Gasteiger partial charge in [-0.2, -0.15) is 0 Å². The Morgan fingerprint density at radius 3 is 1.95 bits per heavy atom. The van der Waals surface area contributed by atoms with Gasteiger partial charge in [-0.05, 0) is 84.6 Å². The number of benzene rings is 1. The molecule has 0 aliphatic rings. The lowest BCUT2D eigenvalue weighted by Crippen LogP contribution is -2.11. The van der Waals surface area contributed by atoms with E-state index in [-0.39, 0.29) is 6.41 Å². The van der Waals surface area contributed by atoms with E-state index in [0.29, 0.717) is 0 Å². The topological polar surface area (TPSA) is 79.5 Å². The van der Waals surface area contributed by atoms with Crippen molar-refractivity contribution in [2.75, 3.05) is 11.9 Å². The van der Waals surface area contributed by atoms with Crippen molar-refractivity contribution >= 4 is 18.3 Å². The second-order valence-electron chi connectivity index (χ2n) is 8.54. The fourth-order valence-corrected chi connectivity index (χ4v) is 2.39. The van der Waals surface area contributed by atoms with Gasteiger partial charge in [0.2, 0.25) is 6.41 Å². The summed E-state index contributed by atoms with van der Waals surface area (Å²) < 4.78 is 0. The van der Waals surface area contributed by atoms with Crippen LogP contribution in [0.5, 0.6) is 0 Å². The second kappa shape index (κ2) is 24.1. The average molecular weight is 509 g/mol. The summed E-state index contributed by atoms with van der Waals surface area (Å²) in [6.45, 7) is 34.8. The summed E-state index contributed by atoms with van der Waals surface area (Å²) in [6, 6.07) is 8.26. The Balaban J connectivity index is -0.000000456. The minimum Gasteiger partial charge on any atom is -0.385 e. The summed E-state index contributed by atoms with van der Waals surface area (Å²) >= 11 is 0. The van der Waals surface area contributed by atoms with Gasteiger partial charge in [-0.1, -0.05) is 75.1 Å². The molecule has 0 saturated carbocycles. The summed E-state index contributed by atoms with van der Waals surface area (Å²) in [6.07, 6.45) is 6.22. The van der Waals surface area contributed by atoms with E-state index in [1.165, 1.54) is 16.8 Å². The van der Waals surface area contributed by atoms with Gasteiger partial charge in [-0.25, -0.2) is 0 Å². The van der Waals surface area contributed by atoms with E-state index in [1.807, 2.05) is 59.0 Å². The van der Waals surface area contributed by atoms with E-state index < -0.39 is 0 Å². The number of carbonyl (C=O) groups excluding carboxylic acids is 1. The molecule has 5 nitrogen and oxygen atoms in total. The van der Waals surface area contributed by atoms with Crippen LogP contribution in [-0.2, 0) is 4.79 Å². The molecule has 0 heterocycles. The molecule has 4 N–H and O–H groups in total. The lowest BCUT2D eigenvalue weighted by Gasteiger charge is -2.10. The van der Waals surface area contributed by atoms with Gasteiger partial charge in [0.05, 0.1) is 0 Å². The van der Waals surface area contributed by atoms with Crippen molar-refractivity contribution in [3.63, 3.8) is 0 Å². The third-order valence-corrected chi connectivity index (χ3v) is 4.90. The average Bonchev–Trinajstić information content (AvgIpc) is 2.82. The van der Waals surface area contributed by atoms with Crippen LogP contribution in [0.2, 0.25) is 0 Å². The Bertz CT molecular complexity index is 945. The number of likely N-dealkylation sites (N-methyl/N-ethyl adjacent to an activating group) is 1. The monoisotopic (exact) mass is 508 g/mol. The van der Waals surface area contributed by atoms with Crippen LogP contribution in [0.4, 0.5) is 5.69 Å². The molecule has 0 atom stereocenters. The molecule has 1 rings (SSSR count). The Morgan fingerprint density at radius 2 is 1.57 bits per heavy atom. The molecule has 0 aromatic heterocycles. The largest absolute Gasteiger partial charge is 0.385 e. The summed E-state index contributed by atoms with van der Waals surface area (Å²) in [5.41, 5.74) is 14.1. The molecule has 1 amide bonds. The van der Waals surface area contributed by atoms with E-state index in [9.17, 15) is 0 Å². The van der Waals surface area contributed by atoms with E-state index >= 15 is 0 Å². The third-order valence-electron chi connectivity index (χ3n) is 4.90. The number of carbonyl (C=O) groups is 1. The van der Waals surface area contributed by atoms with Crippen LogP contribution in [0.1, 0.15) is 73.8 Å². The Hall–Kier alpha value is -3.60. The van der Waals surface area contributed by atoms with Gasteiger partial charge >= 0.3 is 0 Å². The molecule has 0 fully saturated rings. The number of hydrogen-bond donors (Lipinski definition) is 3. The molecule has 0 aliphatic heterocycles. The fourth-order valence-electron chi connectivity index (χ4n) is 2.39. The Kier molecular flexibility index (Phi) is 24.7. The predicted octanol–water partition coefficient (Wildman–Crippen LogP) is 8.40. The predicted molar refractivity (Wildman–Crippen MR) is 168 cm³/mol. The van der Waals surface area contributed by atoms with Crippen LogP contribution in [0, 0.1) is 6.92 Å². The third kappa shape index (κ3) is 22.6. The smallest absolute Gasteiger partial charge is 0.204 e. The molecule has 1 aromatic rings. The molecule has 0 spiro atoms. The molecule has 37 heavy (non-hydrogen) atoms.